The van der Waals surface area contributed by atoms with E-state index in [2.05, 4.69) is 9.89 Å². The highest BCUT2D eigenvalue weighted by atomic mass is 19.4. The van der Waals surface area contributed by atoms with Gasteiger partial charge in [0.05, 0.1) is 12.2 Å². The Morgan fingerprint density at radius 2 is 1.86 bits per heavy atom. The van der Waals surface area contributed by atoms with Crippen LogP contribution in [0.25, 0.3) is 17.4 Å². The molecule has 3 rings (SSSR count). The topological polar surface area (TPSA) is 91.0 Å². The summed E-state index contributed by atoms with van der Waals surface area (Å²) in [5.41, 5.74) is 1.08. The molecular weight excluding hydrogens is 481 g/mol. The van der Waals surface area contributed by atoms with Crippen LogP contribution in [0.4, 0.5) is 22.0 Å². The van der Waals surface area contributed by atoms with Gasteiger partial charge in [-0.15, -0.1) is 13.2 Å². The molecule has 1 aromatic heterocycles. The molecule has 35 heavy (non-hydrogen) atoms. The van der Waals surface area contributed by atoms with Gasteiger partial charge < -0.3 is 23.8 Å². The van der Waals surface area contributed by atoms with Crippen LogP contribution in [-0.2, 0) is 22.7 Å². The minimum Gasteiger partial charge on any atom is -0.484 e. The fourth-order valence-electron chi connectivity index (χ4n) is 2.92. The first-order chi connectivity index (χ1) is 16.6. The number of carboxylic acid groups (broad SMARTS) is 1. The predicted molar refractivity (Wildman–Crippen MR) is 111 cm³/mol. The molecule has 1 N–H and O–H groups in total. The molecule has 0 atom stereocenters. The van der Waals surface area contributed by atoms with Crippen molar-refractivity contribution >= 4 is 12.0 Å². The van der Waals surface area contributed by atoms with Gasteiger partial charge in [0.2, 0.25) is 5.83 Å². The third-order valence-electron chi connectivity index (χ3n) is 4.49. The van der Waals surface area contributed by atoms with Crippen molar-refractivity contribution in [3.8, 4) is 22.8 Å². The van der Waals surface area contributed by atoms with Crippen LogP contribution in [0.5, 0.6) is 11.5 Å². The molecule has 0 aliphatic rings. The van der Waals surface area contributed by atoms with Crippen molar-refractivity contribution < 1.29 is 50.6 Å². The molecule has 2 aromatic carbocycles. The average molecular weight is 499 g/mol. The smallest absolute Gasteiger partial charge is 0.484 e. The summed E-state index contributed by atoms with van der Waals surface area (Å²) in [5, 5.41) is 12.5. The van der Waals surface area contributed by atoms with Gasteiger partial charge in [-0.25, -0.2) is 9.18 Å². The van der Waals surface area contributed by atoms with E-state index in [0.29, 0.717) is 23.8 Å². The average Bonchev–Trinajstić information content (AvgIpc) is 3.19. The lowest BCUT2D eigenvalue weighted by molar-refractivity contribution is -0.274. The maximum Gasteiger partial charge on any atom is 0.573 e. The van der Waals surface area contributed by atoms with Gasteiger partial charge in [-0.2, -0.15) is 4.39 Å². The van der Waals surface area contributed by atoms with Gasteiger partial charge >= 0.3 is 12.3 Å². The fourth-order valence-corrected chi connectivity index (χ4v) is 2.92. The quantitative estimate of drug-likeness (QED) is 0.275. The third-order valence-corrected chi connectivity index (χ3v) is 4.49. The van der Waals surface area contributed by atoms with E-state index in [4.69, 9.17) is 19.1 Å². The molecule has 0 radical (unpaired) electrons. The Bertz CT molecular complexity index is 1200. The molecule has 7 nitrogen and oxygen atoms in total. The highest BCUT2D eigenvalue weighted by Crippen LogP contribution is 2.31. The van der Waals surface area contributed by atoms with Gasteiger partial charge in [0.1, 0.15) is 18.1 Å². The summed E-state index contributed by atoms with van der Waals surface area (Å²) < 4.78 is 84.8. The van der Waals surface area contributed by atoms with E-state index in [9.17, 15) is 26.7 Å². The molecule has 0 aliphatic carbocycles. The molecule has 0 unspecified atom stereocenters. The molecular formula is C23H18F5NO6. The zero-order valence-corrected chi connectivity index (χ0v) is 18.1. The predicted octanol–water partition coefficient (Wildman–Crippen LogP) is 5.89. The second-order valence-electron chi connectivity index (χ2n) is 6.92. The minimum absolute atomic E-state index is 0.0199. The number of ether oxygens (including phenoxy) is 3. The normalized spacial score (nSPS) is 12.0. The summed E-state index contributed by atoms with van der Waals surface area (Å²) in [6, 6.07) is 8.29. The maximum absolute atomic E-state index is 14.3. The van der Waals surface area contributed by atoms with Gasteiger partial charge in [-0.1, -0.05) is 11.2 Å². The number of aromatic nitrogens is 1. The van der Waals surface area contributed by atoms with Gasteiger partial charge in [0, 0.05) is 12.2 Å². The van der Waals surface area contributed by atoms with E-state index in [-0.39, 0.29) is 36.0 Å². The number of hydrogen-bond acceptors (Lipinski definition) is 6. The summed E-state index contributed by atoms with van der Waals surface area (Å²) in [7, 11) is 0. The molecule has 12 heteroatoms. The van der Waals surface area contributed by atoms with Gasteiger partial charge in [-0.05, 0) is 55.0 Å². The molecule has 0 fully saturated rings. The number of carboxylic acids is 1. The highest BCUT2D eigenvalue weighted by Gasteiger charge is 2.31. The van der Waals surface area contributed by atoms with Crippen molar-refractivity contribution in [2.45, 2.75) is 26.5 Å². The largest absolute Gasteiger partial charge is 0.573 e. The molecule has 0 aliphatic heterocycles. The van der Waals surface area contributed by atoms with E-state index < -0.39 is 29.7 Å². The number of halogens is 5. The molecule has 1 heterocycles. The first-order valence-corrected chi connectivity index (χ1v) is 10.0. The van der Waals surface area contributed by atoms with Crippen LogP contribution in [0.2, 0.25) is 0 Å². The van der Waals surface area contributed by atoms with Crippen molar-refractivity contribution in [1.82, 2.24) is 5.16 Å². The number of rotatable bonds is 10. The van der Waals surface area contributed by atoms with Crippen LogP contribution in [0.15, 0.2) is 52.8 Å². The maximum atomic E-state index is 14.3. The number of alkyl halides is 3. The Morgan fingerprint density at radius 3 is 2.46 bits per heavy atom. The van der Waals surface area contributed by atoms with E-state index in [1.165, 1.54) is 24.3 Å². The third kappa shape index (κ3) is 7.03. The molecule has 0 spiro atoms. The second-order valence-corrected chi connectivity index (χ2v) is 6.92. The molecule has 186 valence electrons. The Labute approximate surface area is 195 Å². The highest BCUT2D eigenvalue weighted by molar-refractivity contribution is 5.89. The molecule has 0 saturated heterocycles. The number of hydrogen-bond donors (Lipinski definition) is 1. The zero-order valence-electron chi connectivity index (χ0n) is 18.1. The summed E-state index contributed by atoms with van der Waals surface area (Å²) in [5.74, 6) is -4.50. The summed E-state index contributed by atoms with van der Waals surface area (Å²) in [4.78, 5) is 10.6. The molecule has 3 aromatic rings. The first kappa shape index (κ1) is 25.7. The van der Waals surface area contributed by atoms with Crippen LogP contribution in [0.1, 0.15) is 23.7 Å². The van der Waals surface area contributed by atoms with Gasteiger partial charge in [-0.3, -0.25) is 0 Å². The second kappa shape index (κ2) is 11.0. The number of carbonyl (C=O) groups is 1. The van der Waals surface area contributed by atoms with Crippen LogP contribution in [-0.4, -0.2) is 29.2 Å². The van der Waals surface area contributed by atoms with E-state index >= 15 is 0 Å². The number of benzene rings is 2. The van der Waals surface area contributed by atoms with Gasteiger partial charge in [0.25, 0.3) is 0 Å². The standard InChI is InChI=1S/C23H18F5NO6/c1-2-32-11-16-19(12-33-20-8-3-13(9-17(20)24)10-18(25)22(30)31)29-35-21(16)14-4-6-15(7-5-14)34-23(26,27)28/h3-10H,2,11-12H2,1H3,(H,30,31). The lowest BCUT2D eigenvalue weighted by atomic mass is 10.1. The Kier molecular flexibility index (Phi) is 8.07. The van der Waals surface area contributed by atoms with Crippen molar-refractivity contribution in [1.29, 1.82) is 0 Å². The van der Waals surface area contributed by atoms with Crippen molar-refractivity contribution in [2.24, 2.45) is 0 Å². The van der Waals surface area contributed by atoms with Gasteiger partial charge in [0.15, 0.2) is 17.3 Å². The fraction of sp³-hybridized carbons (Fsp3) is 0.217. The van der Waals surface area contributed by atoms with Crippen LogP contribution >= 0.6 is 0 Å². The number of aliphatic carboxylic acids is 1. The van der Waals surface area contributed by atoms with E-state index in [0.717, 1.165) is 18.2 Å². The van der Waals surface area contributed by atoms with Crippen molar-refractivity contribution in [3.05, 3.63) is 70.9 Å². The van der Waals surface area contributed by atoms with Crippen molar-refractivity contribution in [2.75, 3.05) is 6.61 Å². The molecule has 0 saturated carbocycles. The van der Waals surface area contributed by atoms with Crippen LogP contribution in [0, 0.1) is 5.82 Å². The van der Waals surface area contributed by atoms with Crippen LogP contribution in [0.3, 0.4) is 0 Å². The van der Waals surface area contributed by atoms with Crippen LogP contribution < -0.4 is 9.47 Å². The minimum atomic E-state index is -4.83. The number of nitrogens with zero attached hydrogens (tertiary/aromatic N) is 1. The zero-order chi connectivity index (χ0) is 25.6. The summed E-state index contributed by atoms with van der Waals surface area (Å²) in [6.45, 7) is 1.89. The Morgan fingerprint density at radius 1 is 1.14 bits per heavy atom. The molecule has 0 amide bonds. The monoisotopic (exact) mass is 499 g/mol. The Hall–Kier alpha value is -3.93. The summed E-state index contributed by atoms with van der Waals surface area (Å²) >= 11 is 0. The lowest BCUT2D eigenvalue weighted by Crippen LogP contribution is -2.16. The summed E-state index contributed by atoms with van der Waals surface area (Å²) in [6.07, 6.45) is -4.17. The SMILES string of the molecule is CCOCc1c(COc2ccc(C=C(F)C(=O)O)cc2F)noc1-c1ccc(OC(F)(F)F)cc1. The van der Waals surface area contributed by atoms with E-state index in [1.807, 2.05) is 0 Å². The lowest BCUT2D eigenvalue weighted by Gasteiger charge is -2.10. The van der Waals surface area contributed by atoms with E-state index in [1.54, 1.807) is 6.92 Å². The Balaban J connectivity index is 1.79. The first-order valence-electron chi connectivity index (χ1n) is 10.0. The molecule has 0 bridgehead atoms. The van der Waals surface area contributed by atoms with Crippen molar-refractivity contribution in [3.63, 3.8) is 0 Å².